The molecule has 1 aromatic carbocycles. The second-order valence-electron chi connectivity index (χ2n) is 5.09. The number of hydrogen-bond donors (Lipinski definition) is 2. The van der Waals surface area contributed by atoms with Gasteiger partial charge in [-0.15, -0.1) is 0 Å². The van der Waals surface area contributed by atoms with Crippen molar-refractivity contribution in [1.82, 2.24) is 5.43 Å². The fraction of sp³-hybridized carbons (Fsp3) is 0.357. The first-order valence-corrected chi connectivity index (χ1v) is 6.23. The molecule has 0 aliphatic rings. The second-order valence-corrected chi connectivity index (χ2v) is 5.09. The van der Waals surface area contributed by atoms with Crippen molar-refractivity contribution in [2.75, 3.05) is 6.61 Å². The van der Waals surface area contributed by atoms with Gasteiger partial charge in [-0.3, -0.25) is 0 Å². The van der Waals surface area contributed by atoms with Crippen LogP contribution in [0.4, 0.5) is 4.79 Å². The smallest absolute Gasteiger partial charge is 0.428 e. The maximum absolute atomic E-state index is 11.4. The Hall–Kier alpha value is -2.57. The third-order valence-corrected chi connectivity index (χ3v) is 2.03. The summed E-state index contributed by atoms with van der Waals surface area (Å²) in [5.41, 5.74) is 2.14. The summed E-state index contributed by atoms with van der Waals surface area (Å²) in [7, 11) is 0. The van der Waals surface area contributed by atoms with Crippen LogP contribution >= 0.6 is 0 Å². The Morgan fingerprint density at radius 2 is 2.00 bits per heavy atom. The molecule has 0 fully saturated rings. The number of carbonyl (C=O) groups excluding carboxylic acids is 1. The van der Waals surface area contributed by atoms with Crippen LogP contribution in [-0.2, 0) is 9.53 Å². The topological polar surface area (TPSA) is 97.2 Å². The highest BCUT2D eigenvalue weighted by Gasteiger charge is 2.15. The Bertz CT molecular complexity index is 534. The summed E-state index contributed by atoms with van der Waals surface area (Å²) in [6, 6.07) is 6.73. The molecule has 0 aliphatic heterocycles. The van der Waals surface area contributed by atoms with E-state index in [4.69, 9.17) is 14.6 Å². The summed E-state index contributed by atoms with van der Waals surface area (Å²) in [5, 5.41) is 12.3. The van der Waals surface area contributed by atoms with Gasteiger partial charge >= 0.3 is 12.1 Å². The number of carbonyl (C=O) groups is 2. The zero-order valence-corrected chi connectivity index (χ0v) is 12.1. The number of ether oxygens (including phenoxy) is 2. The van der Waals surface area contributed by atoms with Crippen LogP contribution in [0.15, 0.2) is 29.4 Å². The number of benzene rings is 1. The van der Waals surface area contributed by atoms with Crippen LogP contribution < -0.4 is 10.2 Å². The SMILES string of the molecule is CC(C)(C)OC(=O)NN=Cc1ccccc1OCC(=O)O. The van der Waals surface area contributed by atoms with Gasteiger partial charge in [0.25, 0.3) is 0 Å². The minimum absolute atomic E-state index is 0.356. The molecular weight excluding hydrogens is 276 g/mol. The molecule has 0 saturated carbocycles. The number of nitrogens with zero attached hydrogens (tertiary/aromatic N) is 1. The van der Waals surface area contributed by atoms with E-state index in [-0.39, 0.29) is 0 Å². The minimum atomic E-state index is -1.08. The largest absolute Gasteiger partial charge is 0.481 e. The standard InChI is InChI=1S/C14H18N2O5/c1-14(2,3)21-13(19)16-15-8-10-6-4-5-7-11(10)20-9-12(17)18/h4-8H,9H2,1-3H3,(H,16,19)(H,17,18). The third-order valence-electron chi connectivity index (χ3n) is 2.03. The molecule has 0 bridgehead atoms. The highest BCUT2D eigenvalue weighted by atomic mass is 16.6. The van der Waals surface area contributed by atoms with E-state index >= 15 is 0 Å². The van der Waals surface area contributed by atoms with Gasteiger partial charge in [0.2, 0.25) is 0 Å². The van der Waals surface area contributed by atoms with Crippen molar-refractivity contribution in [3.05, 3.63) is 29.8 Å². The first-order valence-electron chi connectivity index (χ1n) is 6.23. The molecule has 1 aromatic rings. The molecule has 2 N–H and O–H groups in total. The lowest BCUT2D eigenvalue weighted by molar-refractivity contribution is -0.139. The Morgan fingerprint density at radius 1 is 1.33 bits per heavy atom. The molecular formula is C14H18N2O5. The summed E-state index contributed by atoms with van der Waals surface area (Å²) < 4.78 is 10.1. The fourth-order valence-electron chi connectivity index (χ4n) is 1.31. The van der Waals surface area contributed by atoms with Gasteiger partial charge in [-0.25, -0.2) is 15.0 Å². The molecule has 0 spiro atoms. The highest BCUT2D eigenvalue weighted by molar-refractivity contribution is 5.84. The molecule has 0 atom stereocenters. The Labute approximate surface area is 122 Å². The molecule has 7 heteroatoms. The van der Waals surface area contributed by atoms with Gasteiger partial charge in [0.15, 0.2) is 6.61 Å². The summed E-state index contributed by atoms with van der Waals surface area (Å²) in [6.07, 6.45) is 0.670. The van der Waals surface area contributed by atoms with Gasteiger partial charge in [0, 0.05) is 5.56 Å². The van der Waals surface area contributed by atoms with Crippen LogP contribution in [0.25, 0.3) is 0 Å². The zero-order valence-electron chi connectivity index (χ0n) is 12.1. The van der Waals surface area contributed by atoms with E-state index in [0.717, 1.165) is 0 Å². The number of amides is 1. The number of carboxylic acid groups (broad SMARTS) is 1. The quantitative estimate of drug-likeness (QED) is 0.639. The van der Waals surface area contributed by atoms with Gasteiger partial charge < -0.3 is 14.6 Å². The third kappa shape index (κ3) is 6.95. The van der Waals surface area contributed by atoms with Gasteiger partial charge in [0.05, 0.1) is 6.21 Å². The fourth-order valence-corrected chi connectivity index (χ4v) is 1.31. The summed E-state index contributed by atoms with van der Waals surface area (Å²) in [5.74, 6) is -0.719. The van der Waals surface area contributed by atoms with E-state index < -0.39 is 24.3 Å². The first kappa shape index (κ1) is 16.5. The lowest BCUT2D eigenvalue weighted by atomic mass is 10.2. The molecule has 114 valence electrons. The van der Waals surface area contributed by atoms with E-state index in [1.54, 1.807) is 45.0 Å². The second kappa shape index (κ2) is 7.28. The number of carboxylic acids is 1. The Kier molecular flexibility index (Phi) is 5.71. The Morgan fingerprint density at radius 3 is 2.62 bits per heavy atom. The molecule has 0 aliphatic carbocycles. The zero-order chi connectivity index (χ0) is 15.9. The molecule has 1 rings (SSSR count). The van der Waals surface area contributed by atoms with Crippen molar-refractivity contribution in [3.63, 3.8) is 0 Å². The maximum Gasteiger partial charge on any atom is 0.428 e. The molecule has 0 aromatic heterocycles. The number of hydrogen-bond acceptors (Lipinski definition) is 5. The molecule has 1 amide bonds. The van der Waals surface area contributed by atoms with Crippen LogP contribution in [0.1, 0.15) is 26.3 Å². The predicted octanol–water partition coefficient (Wildman–Crippen LogP) is 2.01. The van der Waals surface area contributed by atoms with Crippen LogP contribution in [0.3, 0.4) is 0 Å². The van der Waals surface area contributed by atoms with E-state index in [1.165, 1.54) is 6.21 Å². The van der Waals surface area contributed by atoms with Gasteiger partial charge in [-0.05, 0) is 32.9 Å². The molecule has 0 radical (unpaired) electrons. The van der Waals surface area contributed by atoms with E-state index in [2.05, 4.69) is 10.5 Å². The van der Waals surface area contributed by atoms with Crippen molar-refractivity contribution in [2.24, 2.45) is 5.10 Å². The van der Waals surface area contributed by atoms with Crippen molar-refractivity contribution in [2.45, 2.75) is 26.4 Å². The lowest BCUT2D eigenvalue weighted by Crippen LogP contribution is -2.29. The van der Waals surface area contributed by atoms with E-state index in [1.807, 2.05) is 0 Å². The van der Waals surface area contributed by atoms with Gasteiger partial charge in [0.1, 0.15) is 11.4 Å². The monoisotopic (exact) mass is 294 g/mol. The Balaban J connectivity index is 2.63. The average molecular weight is 294 g/mol. The normalized spacial score (nSPS) is 11.2. The molecule has 21 heavy (non-hydrogen) atoms. The summed E-state index contributed by atoms with van der Waals surface area (Å²) in [6.45, 7) is 4.77. The highest BCUT2D eigenvalue weighted by Crippen LogP contribution is 2.15. The molecule has 0 heterocycles. The predicted molar refractivity (Wildman–Crippen MR) is 76.5 cm³/mol. The molecule has 0 saturated heterocycles. The van der Waals surface area contributed by atoms with Crippen molar-refractivity contribution in [3.8, 4) is 5.75 Å². The number of nitrogens with one attached hydrogen (secondary N) is 1. The van der Waals surface area contributed by atoms with E-state index in [9.17, 15) is 9.59 Å². The van der Waals surface area contributed by atoms with Crippen LogP contribution in [0, 0.1) is 0 Å². The number of rotatable bonds is 5. The molecule has 0 unspecified atom stereocenters. The van der Waals surface area contributed by atoms with Crippen LogP contribution in [0.2, 0.25) is 0 Å². The number of hydrazone groups is 1. The molecule has 7 nitrogen and oxygen atoms in total. The minimum Gasteiger partial charge on any atom is -0.481 e. The van der Waals surface area contributed by atoms with E-state index in [0.29, 0.717) is 11.3 Å². The first-order chi connectivity index (χ1) is 9.78. The van der Waals surface area contributed by atoms with Crippen LogP contribution in [-0.4, -0.2) is 35.6 Å². The van der Waals surface area contributed by atoms with Crippen molar-refractivity contribution < 1.29 is 24.2 Å². The van der Waals surface area contributed by atoms with Crippen molar-refractivity contribution >= 4 is 18.3 Å². The van der Waals surface area contributed by atoms with Crippen LogP contribution in [0.5, 0.6) is 5.75 Å². The lowest BCUT2D eigenvalue weighted by Gasteiger charge is -2.18. The summed E-state index contributed by atoms with van der Waals surface area (Å²) in [4.78, 5) is 21.9. The summed E-state index contributed by atoms with van der Waals surface area (Å²) >= 11 is 0. The van der Waals surface area contributed by atoms with Gasteiger partial charge in [-0.1, -0.05) is 12.1 Å². The van der Waals surface area contributed by atoms with Crippen molar-refractivity contribution in [1.29, 1.82) is 0 Å². The maximum atomic E-state index is 11.4. The number of para-hydroxylation sites is 1. The van der Waals surface area contributed by atoms with Gasteiger partial charge in [-0.2, -0.15) is 5.10 Å². The average Bonchev–Trinajstić information content (AvgIpc) is 2.35. The number of aliphatic carboxylic acids is 1.